The smallest absolute Gasteiger partial charge is 0.243 e. The number of benzene rings is 2. The van der Waals surface area contributed by atoms with Crippen LogP contribution >= 0.6 is 0 Å². The fourth-order valence-corrected chi connectivity index (χ4v) is 3.57. The minimum absolute atomic E-state index is 0.0426. The van der Waals surface area contributed by atoms with Crippen molar-refractivity contribution in [2.45, 2.75) is 11.4 Å². The molecular formula is C18H19FN2O3S. The van der Waals surface area contributed by atoms with Crippen LogP contribution < -0.4 is 5.32 Å². The highest BCUT2D eigenvalue weighted by Crippen LogP contribution is 2.18. The van der Waals surface area contributed by atoms with Gasteiger partial charge in [0.05, 0.1) is 11.4 Å². The molecule has 7 heteroatoms. The number of rotatable bonds is 8. The Balaban J connectivity index is 2.29. The summed E-state index contributed by atoms with van der Waals surface area (Å²) in [7, 11) is -3.88. The van der Waals surface area contributed by atoms with Crippen LogP contribution in [-0.2, 0) is 21.4 Å². The first kappa shape index (κ1) is 18.8. The maximum Gasteiger partial charge on any atom is 0.243 e. The van der Waals surface area contributed by atoms with E-state index >= 15 is 0 Å². The van der Waals surface area contributed by atoms with Gasteiger partial charge in [0, 0.05) is 13.1 Å². The Hall–Kier alpha value is -2.51. The van der Waals surface area contributed by atoms with Gasteiger partial charge in [-0.1, -0.05) is 36.4 Å². The lowest BCUT2D eigenvalue weighted by atomic mass is 10.2. The largest absolute Gasteiger partial charge is 0.351 e. The first-order chi connectivity index (χ1) is 11.9. The Labute approximate surface area is 146 Å². The molecule has 0 aliphatic heterocycles. The molecular weight excluding hydrogens is 343 g/mol. The van der Waals surface area contributed by atoms with Crippen LogP contribution in [-0.4, -0.2) is 31.7 Å². The van der Waals surface area contributed by atoms with E-state index in [-0.39, 0.29) is 24.5 Å². The second-order valence-electron chi connectivity index (χ2n) is 5.31. The molecule has 132 valence electrons. The zero-order valence-corrected chi connectivity index (χ0v) is 14.4. The number of hydrogen-bond acceptors (Lipinski definition) is 3. The highest BCUT2D eigenvalue weighted by Gasteiger charge is 2.26. The summed E-state index contributed by atoms with van der Waals surface area (Å²) in [5, 5.41) is 2.56. The predicted octanol–water partition coefficient (Wildman–Crippen LogP) is 2.32. The SMILES string of the molecule is C=CCNC(=O)CN(Cc1ccc(F)cc1)S(=O)(=O)c1ccccc1. The molecule has 0 bridgehead atoms. The van der Waals surface area contributed by atoms with Crippen molar-refractivity contribution in [1.82, 2.24) is 9.62 Å². The normalized spacial score (nSPS) is 11.3. The molecule has 0 aliphatic rings. The number of nitrogens with zero attached hydrogens (tertiary/aromatic N) is 1. The van der Waals surface area contributed by atoms with E-state index in [1.807, 2.05) is 0 Å². The zero-order valence-electron chi connectivity index (χ0n) is 13.6. The molecule has 1 N–H and O–H groups in total. The summed E-state index contributed by atoms with van der Waals surface area (Å²) in [6, 6.07) is 13.3. The van der Waals surface area contributed by atoms with Gasteiger partial charge in [-0.15, -0.1) is 6.58 Å². The lowest BCUT2D eigenvalue weighted by Crippen LogP contribution is -2.40. The van der Waals surface area contributed by atoms with Gasteiger partial charge in [0.25, 0.3) is 0 Å². The number of carbonyl (C=O) groups excluding carboxylic acids is 1. The number of carbonyl (C=O) groups is 1. The minimum atomic E-state index is -3.88. The fraction of sp³-hybridized carbons (Fsp3) is 0.167. The van der Waals surface area contributed by atoms with Crippen molar-refractivity contribution in [3.05, 3.63) is 78.6 Å². The van der Waals surface area contributed by atoms with Crippen molar-refractivity contribution in [2.75, 3.05) is 13.1 Å². The first-order valence-electron chi connectivity index (χ1n) is 7.60. The number of hydrogen-bond donors (Lipinski definition) is 1. The molecule has 2 aromatic carbocycles. The summed E-state index contributed by atoms with van der Waals surface area (Å²) in [5.41, 5.74) is 0.581. The van der Waals surface area contributed by atoms with Gasteiger partial charge in [-0.05, 0) is 29.8 Å². The number of sulfonamides is 1. The van der Waals surface area contributed by atoms with Crippen LogP contribution in [0.3, 0.4) is 0 Å². The molecule has 0 spiro atoms. The van der Waals surface area contributed by atoms with Gasteiger partial charge < -0.3 is 5.32 Å². The molecule has 0 heterocycles. The van der Waals surface area contributed by atoms with Gasteiger partial charge in [0.15, 0.2) is 0 Å². The van der Waals surface area contributed by atoms with Gasteiger partial charge >= 0.3 is 0 Å². The van der Waals surface area contributed by atoms with Crippen molar-refractivity contribution in [2.24, 2.45) is 0 Å². The molecule has 0 saturated carbocycles. The molecule has 0 saturated heterocycles. The van der Waals surface area contributed by atoms with Crippen molar-refractivity contribution in [1.29, 1.82) is 0 Å². The third kappa shape index (κ3) is 5.23. The Kier molecular flexibility index (Phi) is 6.44. The van der Waals surface area contributed by atoms with Crippen molar-refractivity contribution >= 4 is 15.9 Å². The summed E-state index contributed by atoms with van der Waals surface area (Å²) in [6.45, 7) is 3.36. The van der Waals surface area contributed by atoms with Crippen LogP contribution in [0, 0.1) is 5.82 Å². The quantitative estimate of drug-likeness (QED) is 0.733. The molecule has 0 unspecified atom stereocenters. The third-order valence-corrected chi connectivity index (χ3v) is 5.22. The number of amides is 1. The predicted molar refractivity (Wildman–Crippen MR) is 93.6 cm³/mol. The van der Waals surface area contributed by atoms with Gasteiger partial charge in [-0.3, -0.25) is 4.79 Å². The summed E-state index contributed by atoms with van der Waals surface area (Å²) in [4.78, 5) is 12.1. The standard InChI is InChI=1S/C18H19FN2O3S/c1-2-12-20-18(22)14-21(13-15-8-10-16(19)11-9-15)25(23,24)17-6-4-3-5-7-17/h2-11H,1,12-14H2,(H,20,22). The molecule has 0 aromatic heterocycles. The van der Waals surface area contributed by atoms with E-state index in [0.29, 0.717) is 5.56 Å². The van der Waals surface area contributed by atoms with E-state index in [4.69, 9.17) is 0 Å². The number of halogens is 1. The van der Waals surface area contributed by atoms with E-state index in [0.717, 1.165) is 4.31 Å². The second kappa shape index (κ2) is 8.55. The molecule has 25 heavy (non-hydrogen) atoms. The Morgan fingerprint density at radius 1 is 1.12 bits per heavy atom. The van der Waals surface area contributed by atoms with Crippen LogP contribution in [0.5, 0.6) is 0 Å². The summed E-state index contributed by atoms with van der Waals surface area (Å²) < 4.78 is 39.9. The average Bonchev–Trinajstić information content (AvgIpc) is 2.62. The van der Waals surface area contributed by atoms with Gasteiger partial charge in [0.1, 0.15) is 5.82 Å². The maximum atomic E-state index is 13.1. The second-order valence-corrected chi connectivity index (χ2v) is 7.24. The molecule has 5 nitrogen and oxygen atoms in total. The monoisotopic (exact) mass is 362 g/mol. The van der Waals surface area contributed by atoms with Crippen LogP contribution in [0.25, 0.3) is 0 Å². The van der Waals surface area contributed by atoms with Gasteiger partial charge in [-0.2, -0.15) is 4.31 Å². The topological polar surface area (TPSA) is 66.5 Å². The maximum absolute atomic E-state index is 13.1. The molecule has 2 aromatic rings. The minimum Gasteiger partial charge on any atom is -0.351 e. The van der Waals surface area contributed by atoms with Crippen molar-refractivity contribution in [3.8, 4) is 0 Å². The van der Waals surface area contributed by atoms with Gasteiger partial charge in [0.2, 0.25) is 15.9 Å². The highest BCUT2D eigenvalue weighted by molar-refractivity contribution is 7.89. The van der Waals surface area contributed by atoms with E-state index < -0.39 is 21.7 Å². The molecule has 1 amide bonds. The van der Waals surface area contributed by atoms with Crippen LogP contribution in [0.1, 0.15) is 5.56 Å². The van der Waals surface area contributed by atoms with Crippen LogP contribution in [0.15, 0.2) is 72.1 Å². The van der Waals surface area contributed by atoms with E-state index in [1.54, 1.807) is 18.2 Å². The Morgan fingerprint density at radius 2 is 1.76 bits per heavy atom. The number of nitrogens with one attached hydrogen (secondary N) is 1. The Morgan fingerprint density at radius 3 is 2.36 bits per heavy atom. The van der Waals surface area contributed by atoms with Crippen LogP contribution in [0.4, 0.5) is 4.39 Å². The van der Waals surface area contributed by atoms with E-state index in [2.05, 4.69) is 11.9 Å². The molecule has 0 aliphatic carbocycles. The molecule has 2 rings (SSSR count). The lowest BCUT2D eigenvalue weighted by molar-refractivity contribution is -0.121. The highest BCUT2D eigenvalue weighted by atomic mass is 32.2. The van der Waals surface area contributed by atoms with Crippen molar-refractivity contribution < 1.29 is 17.6 Å². The van der Waals surface area contributed by atoms with Crippen molar-refractivity contribution in [3.63, 3.8) is 0 Å². The summed E-state index contributed by atoms with van der Waals surface area (Å²) in [5.74, 6) is -0.855. The lowest BCUT2D eigenvalue weighted by Gasteiger charge is -2.22. The fourth-order valence-electron chi connectivity index (χ4n) is 2.16. The molecule has 0 radical (unpaired) electrons. The zero-order chi connectivity index (χ0) is 18.3. The molecule has 0 fully saturated rings. The summed E-state index contributed by atoms with van der Waals surface area (Å²) >= 11 is 0. The average molecular weight is 362 g/mol. The first-order valence-corrected chi connectivity index (χ1v) is 9.04. The van der Waals surface area contributed by atoms with E-state index in [9.17, 15) is 17.6 Å². The van der Waals surface area contributed by atoms with E-state index in [1.165, 1.54) is 42.5 Å². The summed E-state index contributed by atoms with van der Waals surface area (Å²) in [6.07, 6.45) is 1.51. The Bertz CT molecular complexity index is 821. The third-order valence-electron chi connectivity index (χ3n) is 3.42. The van der Waals surface area contributed by atoms with Gasteiger partial charge in [-0.25, -0.2) is 12.8 Å². The molecule has 0 atom stereocenters. The van der Waals surface area contributed by atoms with Crippen LogP contribution in [0.2, 0.25) is 0 Å².